The maximum atomic E-state index is 5.34. The van der Waals surface area contributed by atoms with E-state index < -0.39 is 0 Å². The normalized spacial score (nSPS) is 24.8. The number of rotatable bonds is 5. The zero-order valence-electron chi connectivity index (χ0n) is 10.2. The molecular formula is C12H24N2O2. The summed E-state index contributed by atoms with van der Waals surface area (Å²) < 4.78 is 10.7. The van der Waals surface area contributed by atoms with Crippen LogP contribution in [0, 0.1) is 0 Å². The largest absolute Gasteiger partial charge is 0.379 e. The maximum Gasteiger partial charge on any atom is 0.0594 e. The van der Waals surface area contributed by atoms with Crippen LogP contribution in [0.3, 0.4) is 0 Å². The second-order valence-electron chi connectivity index (χ2n) is 4.62. The van der Waals surface area contributed by atoms with Gasteiger partial charge in [0, 0.05) is 26.2 Å². The molecule has 0 N–H and O–H groups in total. The van der Waals surface area contributed by atoms with Gasteiger partial charge in [0.1, 0.15) is 0 Å². The molecule has 0 aromatic heterocycles. The standard InChI is InChI=1S/C12H24N2O2/c1(3-13-5-9-15-10-6-13)2-4-14-7-11-16-12-8-14/h1-12H2. The molecule has 2 aliphatic heterocycles. The van der Waals surface area contributed by atoms with Crippen molar-refractivity contribution in [3.63, 3.8) is 0 Å². The monoisotopic (exact) mass is 228 g/mol. The molecule has 0 unspecified atom stereocenters. The summed E-state index contributed by atoms with van der Waals surface area (Å²) in [5.41, 5.74) is 0. The van der Waals surface area contributed by atoms with Gasteiger partial charge < -0.3 is 9.47 Å². The molecular weight excluding hydrogens is 204 g/mol. The Morgan fingerprint density at radius 3 is 1.38 bits per heavy atom. The van der Waals surface area contributed by atoms with Gasteiger partial charge in [-0.1, -0.05) is 0 Å². The Morgan fingerprint density at radius 1 is 0.625 bits per heavy atom. The molecule has 2 heterocycles. The van der Waals surface area contributed by atoms with Crippen molar-refractivity contribution in [2.45, 2.75) is 12.8 Å². The number of ether oxygens (including phenoxy) is 2. The Balaban J connectivity index is 1.47. The van der Waals surface area contributed by atoms with E-state index in [-0.39, 0.29) is 0 Å². The summed E-state index contributed by atoms with van der Waals surface area (Å²) >= 11 is 0. The van der Waals surface area contributed by atoms with Gasteiger partial charge in [0.25, 0.3) is 0 Å². The summed E-state index contributed by atoms with van der Waals surface area (Å²) in [6.07, 6.45) is 2.63. The average molecular weight is 228 g/mol. The lowest BCUT2D eigenvalue weighted by Gasteiger charge is -2.28. The van der Waals surface area contributed by atoms with Crippen LogP contribution in [0.15, 0.2) is 0 Å². The highest BCUT2D eigenvalue weighted by Gasteiger charge is 2.11. The third-order valence-corrected chi connectivity index (χ3v) is 3.41. The van der Waals surface area contributed by atoms with E-state index in [1.54, 1.807) is 0 Å². The lowest BCUT2D eigenvalue weighted by Crippen LogP contribution is -2.38. The number of morpholine rings is 2. The Labute approximate surface area is 98.5 Å². The van der Waals surface area contributed by atoms with Crippen molar-refractivity contribution in [2.75, 3.05) is 65.7 Å². The predicted molar refractivity (Wildman–Crippen MR) is 63.8 cm³/mol. The quantitative estimate of drug-likeness (QED) is 0.637. The molecule has 0 amide bonds. The molecule has 0 aromatic carbocycles. The lowest BCUT2D eigenvalue weighted by molar-refractivity contribution is 0.0307. The second kappa shape index (κ2) is 7.22. The van der Waals surface area contributed by atoms with E-state index in [4.69, 9.17) is 9.47 Å². The zero-order valence-corrected chi connectivity index (χ0v) is 10.2. The molecule has 4 nitrogen and oxygen atoms in total. The van der Waals surface area contributed by atoms with E-state index in [0.717, 1.165) is 52.6 Å². The minimum Gasteiger partial charge on any atom is -0.379 e. The summed E-state index contributed by atoms with van der Waals surface area (Å²) in [4.78, 5) is 5.03. The van der Waals surface area contributed by atoms with Crippen molar-refractivity contribution in [1.29, 1.82) is 0 Å². The average Bonchev–Trinajstić information content (AvgIpc) is 2.37. The molecule has 0 radical (unpaired) electrons. The van der Waals surface area contributed by atoms with Crippen LogP contribution in [0.5, 0.6) is 0 Å². The van der Waals surface area contributed by atoms with Gasteiger partial charge in [-0.05, 0) is 25.9 Å². The van der Waals surface area contributed by atoms with Crippen molar-refractivity contribution in [1.82, 2.24) is 9.80 Å². The summed E-state index contributed by atoms with van der Waals surface area (Å²) in [6.45, 7) is 10.7. The Kier molecular flexibility index (Phi) is 5.55. The highest BCUT2D eigenvalue weighted by atomic mass is 16.5. The molecule has 2 aliphatic rings. The van der Waals surface area contributed by atoms with E-state index in [9.17, 15) is 0 Å². The minimum absolute atomic E-state index is 0.920. The van der Waals surface area contributed by atoms with Crippen molar-refractivity contribution < 1.29 is 9.47 Å². The SMILES string of the molecule is C(CCN1CCOCC1)CN1CCOCC1. The molecule has 0 aromatic rings. The molecule has 0 saturated carbocycles. The van der Waals surface area contributed by atoms with E-state index in [1.165, 1.54) is 25.9 Å². The summed E-state index contributed by atoms with van der Waals surface area (Å²) in [6, 6.07) is 0. The van der Waals surface area contributed by atoms with Crippen LogP contribution in [0.1, 0.15) is 12.8 Å². The predicted octanol–water partition coefficient (Wildman–Crippen LogP) is 0.431. The van der Waals surface area contributed by atoms with Crippen molar-refractivity contribution in [3.05, 3.63) is 0 Å². The molecule has 94 valence electrons. The fraction of sp³-hybridized carbons (Fsp3) is 1.00. The van der Waals surface area contributed by atoms with Crippen LogP contribution in [0.2, 0.25) is 0 Å². The smallest absolute Gasteiger partial charge is 0.0594 e. The first-order valence-electron chi connectivity index (χ1n) is 6.55. The third-order valence-electron chi connectivity index (χ3n) is 3.41. The van der Waals surface area contributed by atoms with Crippen LogP contribution in [0.25, 0.3) is 0 Å². The summed E-state index contributed by atoms with van der Waals surface area (Å²) in [7, 11) is 0. The topological polar surface area (TPSA) is 24.9 Å². The number of nitrogens with zero attached hydrogens (tertiary/aromatic N) is 2. The van der Waals surface area contributed by atoms with Gasteiger partial charge in [0.15, 0.2) is 0 Å². The van der Waals surface area contributed by atoms with E-state index in [2.05, 4.69) is 9.80 Å². The summed E-state index contributed by atoms with van der Waals surface area (Å²) in [5, 5.41) is 0. The first-order valence-corrected chi connectivity index (χ1v) is 6.55. The van der Waals surface area contributed by atoms with Gasteiger partial charge in [0.05, 0.1) is 26.4 Å². The van der Waals surface area contributed by atoms with Crippen LogP contribution in [-0.4, -0.2) is 75.5 Å². The van der Waals surface area contributed by atoms with E-state index in [1.807, 2.05) is 0 Å². The molecule has 2 saturated heterocycles. The molecule has 16 heavy (non-hydrogen) atoms. The Hall–Kier alpha value is -0.160. The van der Waals surface area contributed by atoms with Crippen molar-refractivity contribution in [2.24, 2.45) is 0 Å². The van der Waals surface area contributed by atoms with Crippen LogP contribution >= 0.6 is 0 Å². The highest BCUT2D eigenvalue weighted by molar-refractivity contribution is 4.64. The van der Waals surface area contributed by atoms with Crippen LogP contribution < -0.4 is 0 Å². The highest BCUT2D eigenvalue weighted by Crippen LogP contribution is 2.03. The van der Waals surface area contributed by atoms with Crippen molar-refractivity contribution in [3.8, 4) is 0 Å². The third kappa shape index (κ3) is 4.37. The van der Waals surface area contributed by atoms with Gasteiger partial charge in [-0.3, -0.25) is 9.80 Å². The maximum absolute atomic E-state index is 5.34. The van der Waals surface area contributed by atoms with E-state index >= 15 is 0 Å². The Bertz CT molecular complexity index is 158. The fourth-order valence-electron chi connectivity index (χ4n) is 2.32. The number of hydrogen-bond donors (Lipinski definition) is 0. The first kappa shape index (κ1) is 12.3. The van der Waals surface area contributed by atoms with Gasteiger partial charge in [0.2, 0.25) is 0 Å². The molecule has 2 fully saturated rings. The zero-order chi connectivity index (χ0) is 11.1. The molecule has 0 bridgehead atoms. The van der Waals surface area contributed by atoms with Gasteiger partial charge in [-0.25, -0.2) is 0 Å². The van der Waals surface area contributed by atoms with Gasteiger partial charge in [-0.15, -0.1) is 0 Å². The Morgan fingerprint density at radius 2 is 1.00 bits per heavy atom. The van der Waals surface area contributed by atoms with Crippen LogP contribution in [0.4, 0.5) is 0 Å². The van der Waals surface area contributed by atoms with E-state index in [0.29, 0.717) is 0 Å². The van der Waals surface area contributed by atoms with Gasteiger partial charge >= 0.3 is 0 Å². The van der Waals surface area contributed by atoms with Gasteiger partial charge in [-0.2, -0.15) is 0 Å². The number of hydrogen-bond acceptors (Lipinski definition) is 4. The molecule has 0 atom stereocenters. The first-order chi connectivity index (χ1) is 7.95. The number of unbranched alkanes of at least 4 members (excludes halogenated alkanes) is 1. The summed E-state index contributed by atoms with van der Waals surface area (Å²) in [5.74, 6) is 0. The van der Waals surface area contributed by atoms with Crippen molar-refractivity contribution >= 4 is 0 Å². The molecule has 0 aliphatic carbocycles. The molecule has 2 rings (SSSR count). The molecule has 0 spiro atoms. The molecule has 4 heteroatoms. The lowest BCUT2D eigenvalue weighted by atomic mass is 10.2. The second-order valence-corrected chi connectivity index (χ2v) is 4.62. The minimum atomic E-state index is 0.920. The fourth-order valence-corrected chi connectivity index (χ4v) is 2.32. The van der Waals surface area contributed by atoms with Crippen LogP contribution in [-0.2, 0) is 9.47 Å².